The van der Waals surface area contributed by atoms with Crippen LogP contribution in [0.25, 0.3) is 0 Å². The van der Waals surface area contributed by atoms with Gasteiger partial charge in [-0.25, -0.2) is 4.79 Å². The number of hydrogen-bond donors (Lipinski definition) is 1. The summed E-state index contributed by atoms with van der Waals surface area (Å²) in [4.78, 5) is 15.6. The molecule has 3 rings (SSSR count). The van der Waals surface area contributed by atoms with Crippen molar-refractivity contribution in [3.8, 4) is 11.5 Å². The molecule has 0 spiro atoms. The van der Waals surface area contributed by atoms with E-state index in [1.807, 2.05) is 48.7 Å². The quantitative estimate of drug-likeness (QED) is 0.572. The van der Waals surface area contributed by atoms with Gasteiger partial charge in [0.1, 0.15) is 18.1 Å². The van der Waals surface area contributed by atoms with Gasteiger partial charge in [0.15, 0.2) is 0 Å². The first-order valence-electron chi connectivity index (χ1n) is 9.65. The second-order valence-electron chi connectivity index (χ2n) is 6.74. The van der Waals surface area contributed by atoms with Gasteiger partial charge >= 0.3 is 5.97 Å². The minimum Gasteiger partial charge on any atom is -0.497 e. The lowest BCUT2D eigenvalue weighted by Crippen LogP contribution is -2.05. The molecule has 0 atom stereocenters. The monoisotopic (exact) mass is 391 g/mol. The van der Waals surface area contributed by atoms with E-state index in [4.69, 9.17) is 14.6 Å². The molecule has 0 aliphatic rings. The topological polar surface area (TPSA) is 68.7 Å². The fourth-order valence-electron chi connectivity index (χ4n) is 3.16. The maximum absolute atomic E-state index is 11.0. The SMILES string of the molecule is CCc1ccnc(CCc2ccc(C(=O)O)cc2)c1OCc1cccc(OC)c1. The summed E-state index contributed by atoms with van der Waals surface area (Å²) in [5.41, 5.74) is 4.43. The summed E-state index contributed by atoms with van der Waals surface area (Å²) in [7, 11) is 1.65. The lowest BCUT2D eigenvalue weighted by atomic mass is 10.0. The number of methoxy groups -OCH3 is 1. The molecule has 0 fully saturated rings. The first kappa shape index (κ1) is 20.4. The van der Waals surface area contributed by atoms with E-state index in [-0.39, 0.29) is 0 Å². The molecule has 0 saturated carbocycles. The Hall–Kier alpha value is -3.34. The third-order valence-corrected chi connectivity index (χ3v) is 4.81. The molecule has 0 saturated heterocycles. The molecule has 2 aromatic carbocycles. The number of benzene rings is 2. The van der Waals surface area contributed by atoms with Crippen molar-refractivity contribution in [3.63, 3.8) is 0 Å². The van der Waals surface area contributed by atoms with Crippen LogP contribution in [0.1, 0.15) is 39.7 Å². The maximum atomic E-state index is 11.0. The molecule has 1 N–H and O–H groups in total. The predicted molar refractivity (Wildman–Crippen MR) is 112 cm³/mol. The molecule has 0 unspecified atom stereocenters. The summed E-state index contributed by atoms with van der Waals surface area (Å²) < 4.78 is 11.5. The number of pyridine rings is 1. The molecule has 3 aromatic rings. The summed E-state index contributed by atoms with van der Waals surface area (Å²) >= 11 is 0. The highest BCUT2D eigenvalue weighted by atomic mass is 16.5. The van der Waals surface area contributed by atoms with Crippen LogP contribution in [0.4, 0.5) is 0 Å². The Morgan fingerprint density at radius 3 is 2.52 bits per heavy atom. The zero-order valence-corrected chi connectivity index (χ0v) is 16.7. The molecule has 0 bridgehead atoms. The summed E-state index contributed by atoms with van der Waals surface area (Å²) in [5.74, 6) is 0.722. The van der Waals surface area contributed by atoms with Gasteiger partial charge in [-0.1, -0.05) is 31.2 Å². The summed E-state index contributed by atoms with van der Waals surface area (Å²) in [6.45, 7) is 2.54. The van der Waals surface area contributed by atoms with E-state index in [1.54, 1.807) is 19.2 Å². The van der Waals surface area contributed by atoms with Gasteiger partial charge in [-0.3, -0.25) is 4.98 Å². The minimum absolute atomic E-state index is 0.294. The van der Waals surface area contributed by atoms with E-state index < -0.39 is 5.97 Å². The van der Waals surface area contributed by atoms with Gasteiger partial charge in [0.25, 0.3) is 0 Å². The number of rotatable bonds is 9. The molecule has 0 aliphatic carbocycles. The van der Waals surface area contributed by atoms with Crippen LogP contribution in [0.2, 0.25) is 0 Å². The number of aryl methyl sites for hydroxylation is 3. The Morgan fingerprint density at radius 1 is 1.03 bits per heavy atom. The first-order chi connectivity index (χ1) is 14.1. The van der Waals surface area contributed by atoms with Crippen molar-refractivity contribution in [1.29, 1.82) is 0 Å². The zero-order chi connectivity index (χ0) is 20.6. The average molecular weight is 391 g/mol. The van der Waals surface area contributed by atoms with Gasteiger partial charge in [0, 0.05) is 6.20 Å². The van der Waals surface area contributed by atoms with Crippen LogP contribution >= 0.6 is 0 Å². The van der Waals surface area contributed by atoms with Crippen LogP contribution in [0.5, 0.6) is 11.5 Å². The second-order valence-corrected chi connectivity index (χ2v) is 6.74. The van der Waals surface area contributed by atoms with Gasteiger partial charge in [-0.2, -0.15) is 0 Å². The summed E-state index contributed by atoms with van der Waals surface area (Å²) in [6.07, 6.45) is 4.15. The lowest BCUT2D eigenvalue weighted by Gasteiger charge is -2.15. The van der Waals surface area contributed by atoms with Crippen LogP contribution in [-0.4, -0.2) is 23.2 Å². The van der Waals surface area contributed by atoms with Gasteiger partial charge in [0.05, 0.1) is 18.4 Å². The molecular weight excluding hydrogens is 366 g/mol. The molecule has 0 radical (unpaired) electrons. The number of carboxylic acid groups (broad SMARTS) is 1. The van der Waals surface area contributed by atoms with Gasteiger partial charge in [-0.15, -0.1) is 0 Å². The van der Waals surface area contributed by atoms with Gasteiger partial charge < -0.3 is 14.6 Å². The molecule has 5 heteroatoms. The summed E-state index contributed by atoms with van der Waals surface area (Å²) in [5, 5.41) is 9.03. The Labute approximate surface area is 171 Å². The molecule has 0 aliphatic heterocycles. The molecular formula is C24H25NO4. The Kier molecular flexibility index (Phi) is 6.85. The van der Waals surface area contributed by atoms with E-state index in [2.05, 4.69) is 11.9 Å². The third-order valence-electron chi connectivity index (χ3n) is 4.81. The highest BCUT2D eigenvalue weighted by Crippen LogP contribution is 2.26. The van der Waals surface area contributed by atoms with Crippen LogP contribution in [0.15, 0.2) is 60.8 Å². The van der Waals surface area contributed by atoms with E-state index in [0.29, 0.717) is 18.6 Å². The van der Waals surface area contributed by atoms with Crippen molar-refractivity contribution in [2.45, 2.75) is 32.8 Å². The summed E-state index contributed by atoms with van der Waals surface area (Å²) in [6, 6.07) is 16.8. The Bertz CT molecular complexity index is 967. The highest BCUT2D eigenvalue weighted by Gasteiger charge is 2.12. The largest absolute Gasteiger partial charge is 0.497 e. The van der Waals surface area contributed by atoms with Crippen molar-refractivity contribution >= 4 is 5.97 Å². The number of nitrogens with zero attached hydrogens (tertiary/aromatic N) is 1. The molecule has 5 nitrogen and oxygen atoms in total. The van der Waals surface area contributed by atoms with Gasteiger partial charge in [0.2, 0.25) is 0 Å². The normalized spacial score (nSPS) is 10.6. The number of aromatic nitrogens is 1. The van der Waals surface area contributed by atoms with E-state index in [1.165, 1.54) is 0 Å². The van der Waals surface area contributed by atoms with Crippen molar-refractivity contribution in [2.24, 2.45) is 0 Å². The molecule has 29 heavy (non-hydrogen) atoms. The van der Waals surface area contributed by atoms with Crippen molar-refractivity contribution in [1.82, 2.24) is 4.98 Å². The highest BCUT2D eigenvalue weighted by molar-refractivity contribution is 5.87. The first-order valence-corrected chi connectivity index (χ1v) is 9.65. The van der Waals surface area contributed by atoms with Gasteiger partial charge in [-0.05, 0) is 66.3 Å². The van der Waals surface area contributed by atoms with Crippen molar-refractivity contribution in [2.75, 3.05) is 7.11 Å². The number of hydrogen-bond acceptors (Lipinski definition) is 4. The molecule has 150 valence electrons. The standard InChI is InChI=1S/C24H25NO4/c1-3-19-13-14-25-22(12-9-17-7-10-20(11-8-17)24(26)27)23(19)29-16-18-5-4-6-21(15-18)28-2/h4-8,10-11,13-15H,3,9,12,16H2,1-2H3,(H,26,27). The van der Waals surface area contributed by atoms with Crippen molar-refractivity contribution < 1.29 is 19.4 Å². The molecule has 1 heterocycles. The zero-order valence-electron chi connectivity index (χ0n) is 16.7. The fourth-order valence-corrected chi connectivity index (χ4v) is 3.16. The number of carboxylic acids is 1. The smallest absolute Gasteiger partial charge is 0.335 e. The minimum atomic E-state index is -0.915. The molecule has 1 aromatic heterocycles. The van der Waals surface area contributed by atoms with Crippen LogP contribution < -0.4 is 9.47 Å². The van der Waals surface area contributed by atoms with Crippen LogP contribution in [0.3, 0.4) is 0 Å². The fraction of sp³-hybridized carbons (Fsp3) is 0.250. The third kappa shape index (κ3) is 5.35. The molecule has 0 amide bonds. The Morgan fingerprint density at radius 2 is 1.83 bits per heavy atom. The average Bonchev–Trinajstić information content (AvgIpc) is 2.76. The second kappa shape index (κ2) is 9.73. The van der Waals surface area contributed by atoms with Crippen LogP contribution in [-0.2, 0) is 25.9 Å². The predicted octanol–water partition coefficient (Wildman–Crippen LogP) is 4.72. The lowest BCUT2D eigenvalue weighted by molar-refractivity contribution is 0.0697. The maximum Gasteiger partial charge on any atom is 0.335 e. The Balaban J connectivity index is 1.73. The van der Waals surface area contributed by atoms with E-state index in [0.717, 1.165) is 46.7 Å². The van der Waals surface area contributed by atoms with E-state index in [9.17, 15) is 4.79 Å². The number of aromatic carboxylic acids is 1. The number of carbonyl (C=O) groups is 1. The number of ether oxygens (including phenoxy) is 2. The van der Waals surface area contributed by atoms with Crippen molar-refractivity contribution in [3.05, 3.63) is 88.7 Å². The van der Waals surface area contributed by atoms with Crippen LogP contribution in [0, 0.1) is 0 Å². The van der Waals surface area contributed by atoms with E-state index >= 15 is 0 Å².